The molecule has 92 valence electrons. The molecule has 0 unspecified atom stereocenters. The van der Waals surface area contributed by atoms with Gasteiger partial charge in [0.25, 0.3) is 0 Å². The molecule has 0 saturated carbocycles. The average molecular weight is 230 g/mol. The number of hydrogen-bond acceptors (Lipinski definition) is 2. The second-order valence-electron chi connectivity index (χ2n) is 3.96. The maximum atomic E-state index is 7.86. The van der Waals surface area contributed by atoms with Gasteiger partial charge in [-0.1, -0.05) is 50.6 Å². The lowest BCUT2D eigenvalue weighted by Gasteiger charge is -2.03. The Morgan fingerprint density at radius 3 is 1.94 bits per heavy atom. The molecule has 0 atom stereocenters. The summed E-state index contributed by atoms with van der Waals surface area (Å²) in [7, 11) is 0. The van der Waals surface area contributed by atoms with Crippen LogP contribution in [0.5, 0.6) is 0 Å². The highest BCUT2D eigenvalue weighted by Crippen LogP contribution is 2.07. The van der Waals surface area contributed by atoms with Crippen LogP contribution in [0.3, 0.4) is 0 Å². The Bertz CT molecular complexity index is 389. The largest absolute Gasteiger partial charge is 0.306 e. The van der Waals surface area contributed by atoms with Gasteiger partial charge < -0.3 is 5.41 Å². The van der Waals surface area contributed by atoms with Gasteiger partial charge in [0.15, 0.2) is 0 Å². The van der Waals surface area contributed by atoms with Gasteiger partial charge in [0.1, 0.15) is 0 Å². The first-order valence-corrected chi connectivity index (χ1v) is 5.90. The van der Waals surface area contributed by atoms with E-state index < -0.39 is 0 Å². The highest BCUT2D eigenvalue weighted by molar-refractivity contribution is 6.13. The van der Waals surface area contributed by atoms with Gasteiger partial charge in [-0.05, 0) is 31.1 Å². The van der Waals surface area contributed by atoms with Crippen molar-refractivity contribution in [3.8, 4) is 0 Å². The van der Waals surface area contributed by atoms with Crippen LogP contribution in [0.4, 0.5) is 0 Å². The Morgan fingerprint density at radius 1 is 1.06 bits per heavy atom. The maximum Gasteiger partial charge on any atom is 0.0641 e. The lowest BCUT2D eigenvalue weighted by Crippen LogP contribution is -2.01. The van der Waals surface area contributed by atoms with E-state index in [-0.39, 0.29) is 0 Å². The molecule has 0 bridgehead atoms. The molecule has 0 aromatic heterocycles. The number of allylic oxidation sites excluding steroid dienone is 2. The molecular weight excluding hydrogens is 208 g/mol. The normalized spacial score (nSPS) is 10.2. The smallest absolute Gasteiger partial charge is 0.0641 e. The topological polar surface area (TPSA) is 47.7 Å². The Kier molecular flexibility index (Phi) is 7.61. The summed E-state index contributed by atoms with van der Waals surface area (Å²) in [4.78, 5) is 0. The minimum Gasteiger partial charge on any atom is -0.306 e. The van der Waals surface area contributed by atoms with Gasteiger partial charge in [-0.3, -0.25) is 5.41 Å². The first kappa shape index (κ1) is 15.3. The predicted octanol–water partition coefficient (Wildman–Crippen LogP) is 4.46. The fourth-order valence-corrected chi connectivity index (χ4v) is 1.23. The van der Waals surface area contributed by atoms with E-state index in [9.17, 15) is 0 Å². The number of benzene rings is 1. The molecule has 0 aliphatic carbocycles. The molecule has 2 N–H and O–H groups in total. The molecule has 1 rings (SSSR count). The van der Waals surface area contributed by atoms with E-state index in [0.717, 1.165) is 11.1 Å². The van der Waals surface area contributed by atoms with Crippen LogP contribution in [0.2, 0.25) is 0 Å². The minimum absolute atomic E-state index is 0.475. The van der Waals surface area contributed by atoms with Crippen molar-refractivity contribution in [1.82, 2.24) is 0 Å². The highest BCUT2D eigenvalue weighted by atomic mass is 14.4. The van der Waals surface area contributed by atoms with Gasteiger partial charge in [-0.25, -0.2) is 0 Å². The van der Waals surface area contributed by atoms with Gasteiger partial charge in [0.2, 0.25) is 0 Å². The summed E-state index contributed by atoms with van der Waals surface area (Å²) in [6.45, 7) is 7.81. The van der Waals surface area contributed by atoms with Crippen LogP contribution >= 0.6 is 0 Å². The number of rotatable bonds is 3. The van der Waals surface area contributed by atoms with Gasteiger partial charge in [0, 0.05) is 5.71 Å². The molecule has 0 spiro atoms. The summed E-state index contributed by atoms with van der Waals surface area (Å²) in [5.41, 5.74) is 2.67. The summed E-state index contributed by atoms with van der Waals surface area (Å²) in [5.74, 6) is 0. The van der Waals surface area contributed by atoms with Crippen molar-refractivity contribution in [2.24, 2.45) is 0 Å². The van der Waals surface area contributed by atoms with Crippen LogP contribution in [0.25, 0.3) is 0 Å². The van der Waals surface area contributed by atoms with E-state index in [1.54, 1.807) is 13.0 Å². The van der Waals surface area contributed by atoms with Crippen LogP contribution < -0.4 is 0 Å². The quantitative estimate of drug-likeness (QED) is 0.720. The molecular formula is C15H22N2. The van der Waals surface area contributed by atoms with E-state index in [4.69, 9.17) is 10.8 Å². The molecule has 0 heterocycles. The van der Waals surface area contributed by atoms with Crippen LogP contribution in [0, 0.1) is 10.8 Å². The first-order chi connectivity index (χ1) is 8.02. The maximum absolute atomic E-state index is 7.86. The van der Waals surface area contributed by atoms with E-state index in [1.165, 1.54) is 6.42 Å². The van der Waals surface area contributed by atoms with Crippen LogP contribution in [-0.4, -0.2) is 11.4 Å². The van der Waals surface area contributed by atoms with E-state index in [1.807, 2.05) is 37.3 Å². The summed E-state index contributed by atoms with van der Waals surface area (Å²) < 4.78 is 0. The fourth-order valence-electron chi connectivity index (χ4n) is 1.23. The fraction of sp³-hybridized carbons (Fsp3) is 0.333. The van der Waals surface area contributed by atoms with E-state index in [0.29, 0.717) is 11.4 Å². The zero-order valence-corrected chi connectivity index (χ0v) is 11.2. The van der Waals surface area contributed by atoms with Gasteiger partial charge in [-0.2, -0.15) is 0 Å². The molecule has 0 fully saturated rings. The van der Waals surface area contributed by atoms with Crippen molar-refractivity contribution in [2.45, 2.75) is 34.1 Å². The van der Waals surface area contributed by atoms with Crippen molar-refractivity contribution in [2.75, 3.05) is 0 Å². The summed E-state index contributed by atoms with van der Waals surface area (Å²) in [6.07, 6.45) is 2.95. The molecule has 0 aliphatic heterocycles. The molecule has 1 aromatic carbocycles. The van der Waals surface area contributed by atoms with Crippen LogP contribution in [-0.2, 0) is 0 Å². The molecule has 1 aromatic rings. The zero-order chi connectivity index (χ0) is 13.3. The van der Waals surface area contributed by atoms with Crippen molar-refractivity contribution in [3.63, 3.8) is 0 Å². The third-order valence-electron chi connectivity index (χ3n) is 1.89. The lowest BCUT2D eigenvalue weighted by atomic mass is 10.0. The lowest BCUT2D eigenvalue weighted by molar-refractivity contribution is 1.09. The van der Waals surface area contributed by atoms with Crippen LogP contribution in [0.15, 0.2) is 42.0 Å². The molecule has 0 aliphatic rings. The number of hydrogen-bond donors (Lipinski definition) is 2. The second kappa shape index (κ2) is 8.45. The third-order valence-corrected chi connectivity index (χ3v) is 1.89. The molecule has 17 heavy (non-hydrogen) atoms. The van der Waals surface area contributed by atoms with Crippen molar-refractivity contribution in [3.05, 3.63) is 47.5 Å². The molecule has 0 radical (unpaired) electrons. The Hall–Kier alpha value is -1.70. The van der Waals surface area contributed by atoms with Crippen LogP contribution in [0.1, 0.15) is 39.7 Å². The number of nitrogens with one attached hydrogen (secondary N) is 2. The monoisotopic (exact) mass is 230 g/mol. The molecule has 2 nitrogen and oxygen atoms in total. The van der Waals surface area contributed by atoms with Gasteiger partial charge >= 0.3 is 0 Å². The third kappa shape index (κ3) is 6.46. The summed E-state index contributed by atoms with van der Waals surface area (Å²) in [5, 5.41) is 15.2. The average Bonchev–Trinajstić information content (AvgIpc) is 2.29. The highest BCUT2D eigenvalue weighted by Gasteiger charge is 2.02. The van der Waals surface area contributed by atoms with Gasteiger partial charge in [-0.15, -0.1) is 0 Å². The minimum atomic E-state index is 0.475. The van der Waals surface area contributed by atoms with E-state index >= 15 is 0 Å². The van der Waals surface area contributed by atoms with E-state index in [2.05, 4.69) is 13.8 Å². The predicted molar refractivity (Wildman–Crippen MR) is 76.4 cm³/mol. The summed E-state index contributed by atoms with van der Waals surface area (Å²) in [6, 6.07) is 9.55. The van der Waals surface area contributed by atoms with Crippen molar-refractivity contribution in [1.29, 1.82) is 10.8 Å². The molecule has 0 amide bonds. The van der Waals surface area contributed by atoms with Crippen molar-refractivity contribution < 1.29 is 0 Å². The molecule has 0 saturated heterocycles. The first-order valence-electron chi connectivity index (χ1n) is 5.90. The standard InChI is InChI=1S/C12H14N2.C3H8/c1-9(8-10(2)13)12(14)11-6-4-3-5-7-11;1-3-2/h3-8,13-14H,1-2H3;3H2,1-2H3/b9-8-,13-10?,14-12?;. The molecule has 2 heteroatoms. The Labute approximate surface area is 104 Å². The SMILES string of the molecule is CC(=N)/C=C(/C)C(=N)c1ccccc1.CCC. The second-order valence-corrected chi connectivity index (χ2v) is 3.96. The zero-order valence-electron chi connectivity index (χ0n) is 11.2. The Balaban J connectivity index is 0.000000770. The van der Waals surface area contributed by atoms with Crippen molar-refractivity contribution >= 4 is 11.4 Å². The summed E-state index contributed by atoms with van der Waals surface area (Å²) >= 11 is 0. The van der Waals surface area contributed by atoms with Gasteiger partial charge in [0.05, 0.1) is 5.71 Å². The Morgan fingerprint density at radius 2 is 1.53 bits per heavy atom.